The molecule has 1 N–H and O–H groups in total. The fourth-order valence-corrected chi connectivity index (χ4v) is 4.29. The van der Waals surface area contributed by atoms with Crippen LogP contribution in [0.4, 0.5) is 0 Å². The number of nitrogens with zero attached hydrogens (tertiary/aromatic N) is 3. The van der Waals surface area contributed by atoms with Crippen LogP contribution in [0.5, 0.6) is 5.75 Å². The Morgan fingerprint density at radius 2 is 2.06 bits per heavy atom. The minimum atomic E-state index is -0.242. The number of H-pyrrole nitrogens is 1. The molecule has 3 heterocycles. The number of benzene rings is 1. The molecule has 0 saturated heterocycles. The molecule has 1 amide bonds. The van der Waals surface area contributed by atoms with Gasteiger partial charge in [-0.2, -0.15) is 0 Å². The van der Waals surface area contributed by atoms with Gasteiger partial charge in [-0.1, -0.05) is 20.3 Å². The fourth-order valence-electron chi connectivity index (χ4n) is 4.29. The van der Waals surface area contributed by atoms with Crippen LogP contribution in [0.15, 0.2) is 48.8 Å². The van der Waals surface area contributed by atoms with E-state index in [1.54, 1.807) is 13.3 Å². The van der Waals surface area contributed by atoms with E-state index in [9.17, 15) is 4.79 Å². The summed E-state index contributed by atoms with van der Waals surface area (Å²) in [4.78, 5) is 23.1. The van der Waals surface area contributed by atoms with Crippen molar-refractivity contribution >= 4 is 27.8 Å². The third-order valence-electron chi connectivity index (χ3n) is 5.84. The van der Waals surface area contributed by atoms with Gasteiger partial charge in [-0.25, -0.2) is 4.98 Å². The molecular formula is C25H30N4O2. The maximum atomic E-state index is 13.3. The van der Waals surface area contributed by atoms with E-state index in [0.717, 1.165) is 64.8 Å². The van der Waals surface area contributed by atoms with Gasteiger partial charge in [-0.3, -0.25) is 4.79 Å². The van der Waals surface area contributed by atoms with Gasteiger partial charge in [0.25, 0.3) is 0 Å². The summed E-state index contributed by atoms with van der Waals surface area (Å²) in [6, 6.07) is 11.9. The standard InChI is InChI=1S/C25H30N4O2/c1-5-8-23(25(30)28(3)13-6-2)29-16-20(19-15-18(31-4)10-11-22(19)29)21-14-17-9-7-12-26-24(17)27-21/h7,9-12,14-16,23H,5-6,8,13H2,1-4H3,(H,26,27). The number of rotatable bonds is 8. The molecule has 162 valence electrons. The molecule has 1 unspecified atom stereocenters. The highest BCUT2D eigenvalue weighted by Crippen LogP contribution is 2.36. The number of ether oxygens (including phenoxy) is 1. The Kier molecular flexibility index (Phi) is 5.98. The van der Waals surface area contributed by atoms with Gasteiger partial charge in [0.2, 0.25) is 5.91 Å². The van der Waals surface area contributed by atoms with Gasteiger partial charge in [-0.05, 0) is 49.2 Å². The van der Waals surface area contributed by atoms with Gasteiger partial charge in [0, 0.05) is 53.5 Å². The second kappa shape index (κ2) is 8.84. The van der Waals surface area contributed by atoms with Crippen LogP contribution < -0.4 is 4.74 Å². The van der Waals surface area contributed by atoms with E-state index in [-0.39, 0.29) is 11.9 Å². The molecule has 0 radical (unpaired) electrons. The van der Waals surface area contributed by atoms with E-state index < -0.39 is 0 Å². The van der Waals surface area contributed by atoms with Crippen molar-refractivity contribution in [2.45, 2.75) is 39.2 Å². The lowest BCUT2D eigenvalue weighted by Crippen LogP contribution is -2.34. The zero-order valence-electron chi connectivity index (χ0n) is 18.7. The van der Waals surface area contributed by atoms with Crippen LogP contribution in [-0.2, 0) is 4.79 Å². The topological polar surface area (TPSA) is 63.2 Å². The summed E-state index contributed by atoms with van der Waals surface area (Å²) >= 11 is 0. The number of carbonyl (C=O) groups is 1. The quantitative estimate of drug-likeness (QED) is 0.416. The Labute approximate surface area is 182 Å². The van der Waals surface area contributed by atoms with Gasteiger partial charge in [-0.15, -0.1) is 0 Å². The van der Waals surface area contributed by atoms with E-state index in [1.807, 2.05) is 42.3 Å². The lowest BCUT2D eigenvalue weighted by Gasteiger charge is -2.25. The number of amides is 1. The Morgan fingerprint density at radius 1 is 1.23 bits per heavy atom. The van der Waals surface area contributed by atoms with E-state index >= 15 is 0 Å². The summed E-state index contributed by atoms with van der Waals surface area (Å²) in [7, 11) is 3.57. The number of pyridine rings is 1. The largest absolute Gasteiger partial charge is 0.497 e. The van der Waals surface area contributed by atoms with Gasteiger partial charge in [0.1, 0.15) is 17.4 Å². The van der Waals surface area contributed by atoms with Crippen LogP contribution in [0.25, 0.3) is 33.2 Å². The van der Waals surface area contributed by atoms with Crippen LogP contribution in [0, 0.1) is 0 Å². The first kappa shape index (κ1) is 21.0. The van der Waals surface area contributed by atoms with Crippen LogP contribution in [0.3, 0.4) is 0 Å². The van der Waals surface area contributed by atoms with Crippen molar-refractivity contribution in [3.05, 3.63) is 48.8 Å². The molecule has 4 aromatic rings. The van der Waals surface area contributed by atoms with Crippen LogP contribution in [0.2, 0.25) is 0 Å². The Morgan fingerprint density at radius 3 is 2.77 bits per heavy atom. The number of likely N-dealkylation sites (N-methyl/N-ethyl adjacent to an activating group) is 1. The SMILES string of the molecule is CCCC(C(=O)N(C)CCC)n1cc(-c2cc3cccnc3[nH]2)c2cc(OC)ccc21. The molecular weight excluding hydrogens is 388 g/mol. The summed E-state index contributed by atoms with van der Waals surface area (Å²) in [5.41, 5.74) is 3.90. The Balaban J connectivity index is 1.90. The molecule has 3 aromatic heterocycles. The van der Waals surface area contributed by atoms with Gasteiger partial charge < -0.3 is 19.2 Å². The van der Waals surface area contributed by atoms with Crippen molar-refractivity contribution in [1.29, 1.82) is 0 Å². The molecule has 0 bridgehead atoms. The number of hydrogen-bond donors (Lipinski definition) is 1. The van der Waals surface area contributed by atoms with Crippen molar-refractivity contribution in [2.24, 2.45) is 0 Å². The number of fused-ring (bicyclic) bond motifs is 2. The summed E-state index contributed by atoms with van der Waals surface area (Å²) in [6.45, 7) is 4.98. The minimum Gasteiger partial charge on any atom is -0.497 e. The predicted octanol–water partition coefficient (Wildman–Crippen LogP) is 5.40. The fraction of sp³-hybridized carbons (Fsp3) is 0.360. The summed E-state index contributed by atoms with van der Waals surface area (Å²) in [5, 5.41) is 2.11. The molecule has 1 aromatic carbocycles. The molecule has 0 fully saturated rings. The third kappa shape index (κ3) is 3.90. The van der Waals surface area contributed by atoms with Crippen molar-refractivity contribution in [3.8, 4) is 17.0 Å². The number of carbonyl (C=O) groups excluding carboxylic acids is 1. The summed E-state index contributed by atoms with van der Waals surface area (Å²) in [5.74, 6) is 0.948. The van der Waals surface area contributed by atoms with Crippen molar-refractivity contribution in [2.75, 3.05) is 20.7 Å². The smallest absolute Gasteiger partial charge is 0.245 e. The average Bonchev–Trinajstić information content (AvgIpc) is 3.38. The highest BCUT2D eigenvalue weighted by Gasteiger charge is 2.26. The molecule has 4 rings (SSSR count). The zero-order valence-corrected chi connectivity index (χ0v) is 18.7. The molecule has 6 nitrogen and oxygen atoms in total. The second-order valence-electron chi connectivity index (χ2n) is 8.02. The monoisotopic (exact) mass is 418 g/mol. The number of aromatic nitrogens is 3. The van der Waals surface area contributed by atoms with Crippen molar-refractivity contribution in [3.63, 3.8) is 0 Å². The molecule has 0 aliphatic carbocycles. The van der Waals surface area contributed by atoms with Crippen molar-refractivity contribution < 1.29 is 9.53 Å². The normalized spacial score (nSPS) is 12.4. The van der Waals surface area contributed by atoms with Crippen LogP contribution in [-0.4, -0.2) is 46.0 Å². The molecule has 31 heavy (non-hydrogen) atoms. The molecule has 6 heteroatoms. The highest BCUT2D eigenvalue weighted by molar-refractivity contribution is 5.99. The number of hydrogen-bond acceptors (Lipinski definition) is 3. The third-order valence-corrected chi connectivity index (χ3v) is 5.84. The maximum Gasteiger partial charge on any atom is 0.245 e. The number of aromatic amines is 1. The summed E-state index contributed by atoms with van der Waals surface area (Å²) in [6.07, 6.45) is 6.55. The molecule has 0 spiro atoms. The first-order valence-electron chi connectivity index (χ1n) is 10.9. The molecule has 0 aliphatic heterocycles. The first-order valence-corrected chi connectivity index (χ1v) is 10.9. The Hall–Kier alpha value is -3.28. The molecule has 1 atom stereocenters. The predicted molar refractivity (Wildman–Crippen MR) is 125 cm³/mol. The Bertz CT molecular complexity index is 1170. The minimum absolute atomic E-state index is 0.154. The van der Waals surface area contributed by atoms with E-state index in [0.29, 0.717) is 0 Å². The van der Waals surface area contributed by atoms with E-state index in [2.05, 4.69) is 40.6 Å². The molecule has 0 aliphatic rings. The lowest BCUT2D eigenvalue weighted by atomic mass is 10.1. The van der Waals surface area contributed by atoms with Crippen LogP contribution >= 0.6 is 0 Å². The highest BCUT2D eigenvalue weighted by atomic mass is 16.5. The van der Waals surface area contributed by atoms with E-state index in [1.165, 1.54) is 0 Å². The van der Waals surface area contributed by atoms with E-state index in [4.69, 9.17) is 4.74 Å². The van der Waals surface area contributed by atoms with Gasteiger partial charge in [0.15, 0.2) is 0 Å². The summed E-state index contributed by atoms with van der Waals surface area (Å²) < 4.78 is 7.64. The van der Waals surface area contributed by atoms with Gasteiger partial charge in [0.05, 0.1) is 7.11 Å². The lowest BCUT2D eigenvalue weighted by molar-refractivity contribution is -0.133. The average molecular weight is 419 g/mol. The second-order valence-corrected chi connectivity index (χ2v) is 8.02. The number of nitrogens with one attached hydrogen (secondary N) is 1. The zero-order chi connectivity index (χ0) is 22.0. The number of methoxy groups -OCH3 is 1. The van der Waals surface area contributed by atoms with Gasteiger partial charge >= 0.3 is 0 Å². The van der Waals surface area contributed by atoms with Crippen LogP contribution in [0.1, 0.15) is 39.2 Å². The van der Waals surface area contributed by atoms with Crippen molar-refractivity contribution in [1.82, 2.24) is 19.4 Å². The maximum absolute atomic E-state index is 13.3. The first-order chi connectivity index (χ1) is 15.1. The molecule has 0 saturated carbocycles.